The lowest BCUT2D eigenvalue weighted by atomic mass is 10.2. The summed E-state index contributed by atoms with van der Waals surface area (Å²) in [6.45, 7) is 6.35. The molecule has 4 heterocycles. The van der Waals surface area contributed by atoms with E-state index in [-0.39, 0.29) is 5.56 Å². The molecule has 0 spiro atoms. The molecule has 28 heavy (non-hydrogen) atoms. The summed E-state index contributed by atoms with van der Waals surface area (Å²) in [5.41, 5.74) is 1.12. The molecule has 4 rings (SSSR count). The van der Waals surface area contributed by atoms with E-state index < -0.39 is 0 Å². The summed E-state index contributed by atoms with van der Waals surface area (Å²) >= 11 is 0. The van der Waals surface area contributed by atoms with Crippen LogP contribution < -0.4 is 10.9 Å². The van der Waals surface area contributed by atoms with E-state index in [1.165, 1.54) is 11.0 Å². The van der Waals surface area contributed by atoms with Crippen molar-refractivity contribution in [3.05, 3.63) is 53.5 Å². The van der Waals surface area contributed by atoms with Gasteiger partial charge >= 0.3 is 0 Å². The lowest BCUT2D eigenvalue weighted by Gasteiger charge is -2.32. The molecule has 1 aliphatic rings. The smallest absolute Gasteiger partial charge is 0.280 e. The van der Waals surface area contributed by atoms with Gasteiger partial charge in [0.2, 0.25) is 0 Å². The van der Waals surface area contributed by atoms with Crippen LogP contribution in [0.3, 0.4) is 0 Å². The maximum Gasteiger partial charge on any atom is 0.280 e. The van der Waals surface area contributed by atoms with Crippen LogP contribution in [0, 0.1) is 0 Å². The molecule has 1 atom stereocenters. The maximum atomic E-state index is 12.8. The molecule has 0 aromatic carbocycles. The second-order valence-corrected chi connectivity index (χ2v) is 6.71. The minimum Gasteiger partial charge on any atom is -0.379 e. The van der Waals surface area contributed by atoms with Crippen LogP contribution in [0.2, 0.25) is 0 Å². The topological polar surface area (TPSA) is 101 Å². The second-order valence-electron chi connectivity index (χ2n) is 6.71. The predicted octanol–water partition coefficient (Wildman–Crippen LogP) is 1.15. The molecule has 2 N–H and O–H groups in total. The number of aromatic amines is 1. The average molecular weight is 381 g/mol. The third-order valence-corrected chi connectivity index (χ3v) is 4.87. The fourth-order valence-electron chi connectivity index (χ4n) is 3.23. The van der Waals surface area contributed by atoms with Gasteiger partial charge in [-0.2, -0.15) is 0 Å². The SMILES string of the molecule is CC(CNc1cc(-n2[nH]cc(-c3cccnc3)c2=O)ncn1)N1CCOCC1. The number of nitrogens with one attached hydrogen (secondary N) is 2. The van der Waals surface area contributed by atoms with Crippen molar-refractivity contribution >= 4 is 5.82 Å². The second kappa shape index (κ2) is 8.32. The summed E-state index contributed by atoms with van der Waals surface area (Å²) in [7, 11) is 0. The fraction of sp³-hybridized carbons (Fsp3) is 0.368. The van der Waals surface area contributed by atoms with Crippen molar-refractivity contribution in [1.82, 2.24) is 29.6 Å². The highest BCUT2D eigenvalue weighted by Crippen LogP contribution is 2.14. The first kappa shape index (κ1) is 18.3. The van der Waals surface area contributed by atoms with Crippen molar-refractivity contribution in [2.45, 2.75) is 13.0 Å². The van der Waals surface area contributed by atoms with Gasteiger partial charge in [-0.05, 0) is 13.0 Å². The average Bonchev–Trinajstić information content (AvgIpc) is 3.15. The number of anilines is 1. The van der Waals surface area contributed by atoms with Crippen LogP contribution in [-0.2, 0) is 4.74 Å². The zero-order chi connectivity index (χ0) is 19.3. The molecule has 1 unspecified atom stereocenters. The highest BCUT2D eigenvalue weighted by Gasteiger charge is 2.17. The first-order valence-electron chi connectivity index (χ1n) is 9.31. The van der Waals surface area contributed by atoms with E-state index in [0.717, 1.165) is 38.4 Å². The minimum absolute atomic E-state index is 0.181. The van der Waals surface area contributed by atoms with Crippen LogP contribution in [0.5, 0.6) is 0 Å². The zero-order valence-corrected chi connectivity index (χ0v) is 15.7. The number of hydrogen-bond acceptors (Lipinski definition) is 7. The van der Waals surface area contributed by atoms with E-state index in [0.29, 0.717) is 23.2 Å². The van der Waals surface area contributed by atoms with E-state index in [9.17, 15) is 4.79 Å². The molecule has 146 valence electrons. The van der Waals surface area contributed by atoms with Gasteiger partial charge in [-0.3, -0.25) is 19.8 Å². The number of pyridine rings is 1. The number of rotatable bonds is 6. The molecule has 3 aromatic heterocycles. The Bertz CT molecular complexity index is 964. The van der Waals surface area contributed by atoms with E-state index in [1.54, 1.807) is 30.7 Å². The van der Waals surface area contributed by atoms with Crippen LogP contribution in [0.15, 0.2) is 47.9 Å². The summed E-state index contributed by atoms with van der Waals surface area (Å²) in [5.74, 6) is 1.16. The summed E-state index contributed by atoms with van der Waals surface area (Å²) < 4.78 is 6.80. The Labute approximate surface area is 162 Å². The molecule has 9 heteroatoms. The summed E-state index contributed by atoms with van der Waals surface area (Å²) in [4.78, 5) is 27.7. The predicted molar refractivity (Wildman–Crippen MR) is 106 cm³/mol. The van der Waals surface area contributed by atoms with E-state index in [2.05, 4.69) is 37.2 Å². The molecule has 1 saturated heterocycles. The van der Waals surface area contributed by atoms with Gasteiger partial charge in [0.25, 0.3) is 5.56 Å². The first-order chi connectivity index (χ1) is 13.7. The summed E-state index contributed by atoms with van der Waals surface area (Å²) in [6.07, 6.45) is 6.45. The fourth-order valence-corrected chi connectivity index (χ4v) is 3.23. The largest absolute Gasteiger partial charge is 0.379 e. The Morgan fingerprint density at radius 2 is 2.18 bits per heavy atom. The van der Waals surface area contributed by atoms with Crippen molar-refractivity contribution in [2.24, 2.45) is 0 Å². The molecule has 0 bridgehead atoms. The molecule has 9 nitrogen and oxygen atoms in total. The van der Waals surface area contributed by atoms with Crippen molar-refractivity contribution in [3.63, 3.8) is 0 Å². The monoisotopic (exact) mass is 381 g/mol. The Morgan fingerprint density at radius 1 is 1.32 bits per heavy atom. The number of nitrogens with zero attached hydrogens (tertiary/aromatic N) is 5. The maximum absolute atomic E-state index is 12.8. The third kappa shape index (κ3) is 3.95. The Hall–Kier alpha value is -3.04. The quantitative estimate of drug-likeness (QED) is 0.660. The van der Waals surface area contributed by atoms with Crippen LogP contribution >= 0.6 is 0 Å². The van der Waals surface area contributed by atoms with Crippen molar-refractivity contribution in [2.75, 3.05) is 38.2 Å². The van der Waals surface area contributed by atoms with Gasteiger partial charge < -0.3 is 10.1 Å². The zero-order valence-electron chi connectivity index (χ0n) is 15.7. The van der Waals surface area contributed by atoms with Crippen molar-refractivity contribution in [1.29, 1.82) is 0 Å². The summed E-state index contributed by atoms with van der Waals surface area (Å²) in [6, 6.07) is 5.76. The number of aromatic nitrogens is 5. The number of H-pyrrole nitrogens is 1. The van der Waals surface area contributed by atoms with Gasteiger partial charge in [0.05, 0.1) is 18.8 Å². The lowest BCUT2D eigenvalue weighted by molar-refractivity contribution is 0.0227. The normalized spacial score (nSPS) is 16.0. The lowest BCUT2D eigenvalue weighted by Crippen LogP contribution is -2.45. The van der Waals surface area contributed by atoms with Gasteiger partial charge in [-0.25, -0.2) is 14.6 Å². The van der Waals surface area contributed by atoms with E-state index in [1.807, 2.05) is 6.07 Å². The van der Waals surface area contributed by atoms with Gasteiger partial charge in [-0.15, -0.1) is 0 Å². The van der Waals surface area contributed by atoms with Crippen LogP contribution in [0.4, 0.5) is 5.82 Å². The molecule has 1 aliphatic heterocycles. The van der Waals surface area contributed by atoms with Gasteiger partial charge in [0.15, 0.2) is 5.82 Å². The Kier molecular flexibility index (Phi) is 5.45. The van der Waals surface area contributed by atoms with Gasteiger partial charge in [-0.1, -0.05) is 6.07 Å². The standard InChI is InChI=1S/C19H23N7O2/c1-14(25-5-7-28-8-6-25)10-21-17-9-18(23-13-22-17)26-19(27)16(12-24-26)15-3-2-4-20-11-15/h2-4,9,11-14,24H,5-8,10H2,1H3,(H,21,22,23). The number of hydrogen-bond donors (Lipinski definition) is 2. The van der Waals surface area contributed by atoms with Crippen LogP contribution in [-0.4, -0.2) is 68.5 Å². The first-order valence-corrected chi connectivity index (χ1v) is 9.31. The molecule has 0 amide bonds. The molecule has 0 saturated carbocycles. The molecular weight excluding hydrogens is 358 g/mol. The van der Waals surface area contributed by atoms with Crippen molar-refractivity contribution < 1.29 is 4.74 Å². The molecular formula is C19H23N7O2. The number of ether oxygens (including phenoxy) is 1. The van der Waals surface area contributed by atoms with E-state index in [4.69, 9.17) is 4.74 Å². The Balaban J connectivity index is 1.48. The van der Waals surface area contributed by atoms with Crippen LogP contribution in [0.25, 0.3) is 16.9 Å². The number of morpholine rings is 1. The summed E-state index contributed by atoms with van der Waals surface area (Å²) in [5, 5.41) is 6.31. The van der Waals surface area contributed by atoms with Gasteiger partial charge in [0, 0.05) is 55.9 Å². The van der Waals surface area contributed by atoms with Crippen molar-refractivity contribution in [3.8, 4) is 16.9 Å². The molecule has 0 aliphatic carbocycles. The third-order valence-electron chi connectivity index (χ3n) is 4.87. The minimum atomic E-state index is -0.181. The molecule has 0 radical (unpaired) electrons. The highest BCUT2D eigenvalue weighted by atomic mass is 16.5. The molecule has 1 fully saturated rings. The van der Waals surface area contributed by atoms with Gasteiger partial charge in [0.1, 0.15) is 12.1 Å². The van der Waals surface area contributed by atoms with Crippen LogP contribution in [0.1, 0.15) is 6.92 Å². The van der Waals surface area contributed by atoms with E-state index >= 15 is 0 Å². The molecule has 3 aromatic rings. The highest BCUT2D eigenvalue weighted by molar-refractivity contribution is 5.60. The Morgan fingerprint density at radius 3 is 2.96 bits per heavy atom.